The minimum Gasteiger partial charge on any atom is -0.489 e. The molecule has 180 valence electrons. The summed E-state index contributed by atoms with van der Waals surface area (Å²) in [7, 11) is 0. The monoisotopic (exact) mass is 476 g/mol. The van der Waals surface area contributed by atoms with Crippen LogP contribution in [0.4, 0.5) is 5.69 Å². The molecule has 4 aromatic rings. The van der Waals surface area contributed by atoms with Crippen molar-refractivity contribution >= 4 is 17.5 Å². The fourth-order valence-corrected chi connectivity index (χ4v) is 4.55. The average Bonchev–Trinajstić information content (AvgIpc) is 3.44. The highest BCUT2D eigenvalue weighted by molar-refractivity contribution is 6.09. The van der Waals surface area contributed by atoms with Gasteiger partial charge in [-0.3, -0.25) is 9.59 Å². The number of amides is 2. The largest absolute Gasteiger partial charge is 0.489 e. The van der Waals surface area contributed by atoms with Gasteiger partial charge in [0.2, 0.25) is 0 Å². The number of carbonyl (C=O) groups excluding carboxylic acids is 2. The first-order valence-electron chi connectivity index (χ1n) is 12.2. The van der Waals surface area contributed by atoms with Crippen molar-refractivity contribution in [3.8, 4) is 5.75 Å². The molecule has 4 aromatic carbocycles. The van der Waals surface area contributed by atoms with Crippen LogP contribution < -0.4 is 10.1 Å². The maximum absolute atomic E-state index is 13.4. The molecule has 1 saturated heterocycles. The summed E-state index contributed by atoms with van der Waals surface area (Å²) in [6.07, 6.45) is 0.931. The van der Waals surface area contributed by atoms with Crippen LogP contribution in [0.25, 0.3) is 0 Å². The Bertz CT molecular complexity index is 1340. The Balaban J connectivity index is 1.26. The molecular formula is C31H28N2O3. The number of carbonyl (C=O) groups is 2. The normalized spacial score (nSPS) is 14.9. The van der Waals surface area contributed by atoms with E-state index in [1.54, 1.807) is 30.3 Å². The van der Waals surface area contributed by atoms with Crippen LogP contribution in [-0.2, 0) is 6.61 Å². The van der Waals surface area contributed by atoms with Crippen molar-refractivity contribution < 1.29 is 14.3 Å². The minimum absolute atomic E-state index is 0.0655. The minimum atomic E-state index is -0.288. The summed E-state index contributed by atoms with van der Waals surface area (Å²) in [5.41, 5.74) is 3.77. The van der Waals surface area contributed by atoms with E-state index >= 15 is 0 Å². The maximum atomic E-state index is 13.4. The summed E-state index contributed by atoms with van der Waals surface area (Å²) in [5, 5.41) is 2.93. The van der Waals surface area contributed by atoms with Gasteiger partial charge in [0.05, 0.1) is 11.3 Å². The molecule has 1 fully saturated rings. The van der Waals surface area contributed by atoms with E-state index < -0.39 is 0 Å². The molecule has 0 aliphatic carbocycles. The summed E-state index contributed by atoms with van der Waals surface area (Å²) in [4.78, 5) is 28.3. The Morgan fingerprint density at radius 2 is 1.56 bits per heavy atom. The van der Waals surface area contributed by atoms with Crippen molar-refractivity contribution in [2.75, 3.05) is 18.4 Å². The SMILES string of the molecule is O=C(Nc1ccccc1C(=O)N1CCC(c2ccccc2)C1)c1cccc(OCc2ccccc2)c1. The number of likely N-dealkylation sites (tertiary alicyclic amines) is 1. The number of benzene rings is 4. The van der Waals surface area contributed by atoms with Crippen molar-refractivity contribution in [3.05, 3.63) is 131 Å². The Morgan fingerprint density at radius 3 is 2.36 bits per heavy atom. The van der Waals surface area contributed by atoms with Crippen molar-refractivity contribution in [2.45, 2.75) is 18.9 Å². The molecule has 5 nitrogen and oxygen atoms in total. The fraction of sp³-hybridized carbons (Fsp3) is 0.161. The van der Waals surface area contributed by atoms with Crippen LogP contribution in [0, 0.1) is 0 Å². The van der Waals surface area contributed by atoms with Crippen LogP contribution in [0.5, 0.6) is 5.75 Å². The highest BCUT2D eigenvalue weighted by atomic mass is 16.5. The molecule has 0 bridgehead atoms. The van der Waals surface area contributed by atoms with E-state index in [0.717, 1.165) is 12.0 Å². The second-order valence-electron chi connectivity index (χ2n) is 8.95. The molecule has 0 spiro atoms. The number of nitrogens with one attached hydrogen (secondary N) is 1. The van der Waals surface area contributed by atoms with E-state index in [9.17, 15) is 9.59 Å². The highest BCUT2D eigenvalue weighted by Gasteiger charge is 2.29. The number of ether oxygens (including phenoxy) is 1. The third-order valence-corrected chi connectivity index (χ3v) is 6.50. The zero-order valence-corrected chi connectivity index (χ0v) is 20.0. The lowest BCUT2D eigenvalue weighted by molar-refractivity contribution is 0.0792. The van der Waals surface area contributed by atoms with Gasteiger partial charge in [-0.05, 0) is 47.9 Å². The lowest BCUT2D eigenvalue weighted by atomic mass is 9.99. The molecular weight excluding hydrogens is 448 g/mol. The van der Waals surface area contributed by atoms with E-state index in [4.69, 9.17) is 4.74 Å². The molecule has 1 unspecified atom stereocenters. The number of para-hydroxylation sites is 1. The van der Waals surface area contributed by atoms with E-state index in [1.807, 2.05) is 71.6 Å². The van der Waals surface area contributed by atoms with E-state index in [0.29, 0.717) is 48.2 Å². The summed E-state index contributed by atoms with van der Waals surface area (Å²) in [6.45, 7) is 1.79. The number of nitrogens with zero attached hydrogens (tertiary/aromatic N) is 1. The molecule has 2 amide bonds. The summed E-state index contributed by atoms with van der Waals surface area (Å²) in [6, 6.07) is 34.4. The van der Waals surface area contributed by atoms with Crippen LogP contribution in [0.1, 0.15) is 44.2 Å². The number of rotatable bonds is 7. The molecule has 0 saturated carbocycles. The van der Waals surface area contributed by atoms with Gasteiger partial charge in [-0.25, -0.2) is 0 Å². The topological polar surface area (TPSA) is 58.6 Å². The summed E-state index contributed by atoms with van der Waals surface area (Å²) >= 11 is 0. The standard InChI is InChI=1S/C31H28N2O3/c34-30(25-14-9-15-27(20-25)36-22-23-10-3-1-4-11-23)32-29-17-8-7-16-28(29)31(35)33-19-18-26(21-33)24-12-5-2-6-13-24/h1-17,20,26H,18-19,21-22H2,(H,32,34). The average molecular weight is 477 g/mol. The molecule has 5 heteroatoms. The maximum Gasteiger partial charge on any atom is 0.255 e. The Kier molecular flexibility index (Phi) is 7.08. The highest BCUT2D eigenvalue weighted by Crippen LogP contribution is 2.29. The Labute approximate surface area is 211 Å². The van der Waals surface area contributed by atoms with Gasteiger partial charge in [0.15, 0.2) is 0 Å². The first kappa shape index (κ1) is 23.4. The van der Waals surface area contributed by atoms with Gasteiger partial charge in [-0.1, -0.05) is 78.9 Å². The lowest BCUT2D eigenvalue weighted by Gasteiger charge is -2.19. The van der Waals surface area contributed by atoms with Crippen molar-refractivity contribution in [2.24, 2.45) is 0 Å². The molecule has 1 aliphatic heterocycles. The zero-order valence-electron chi connectivity index (χ0n) is 20.0. The quantitative estimate of drug-likeness (QED) is 0.348. The molecule has 1 atom stereocenters. The van der Waals surface area contributed by atoms with Crippen LogP contribution in [-0.4, -0.2) is 29.8 Å². The van der Waals surface area contributed by atoms with Gasteiger partial charge in [-0.2, -0.15) is 0 Å². The molecule has 1 aliphatic rings. The van der Waals surface area contributed by atoms with E-state index in [2.05, 4.69) is 17.4 Å². The van der Waals surface area contributed by atoms with Crippen molar-refractivity contribution in [1.29, 1.82) is 0 Å². The molecule has 1 N–H and O–H groups in total. The van der Waals surface area contributed by atoms with Gasteiger partial charge in [0.1, 0.15) is 12.4 Å². The van der Waals surface area contributed by atoms with Crippen LogP contribution >= 0.6 is 0 Å². The van der Waals surface area contributed by atoms with Crippen LogP contribution in [0.15, 0.2) is 109 Å². The van der Waals surface area contributed by atoms with Gasteiger partial charge in [-0.15, -0.1) is 0 Å². The number of anilines is 1. The smallest absolute Gasteiger partial charge is 0.255 e. The number of hydrogen-bond acceptors (Lipinski definition) is 3. The van der Waals surface area contributed by atoms with Gasteiger partial charge < -0.3 is 15.0 Å². The zero-order chi connectivity index (χ0) is 24.7. The van der Waals surface area contributed by atoms with Gasteiger partial charge >= 0.3 is 0 Å². The van der Waals surface area contributed by atoms with Crippen molar-refractivity contribution in [1.82, 2.24) is 4.90 Å². The second-order valence-corrected chi connectivity index (χ2v) is 8.95. The predicted octanol–water partition coefficient (Wildman–Crippen LogP) is 6.15. The van der Waals surface area contributed by atoms with Crippen molar-refractivity contribution in [3.63, 3.8) is 0 Å². The molecule has 1 heterocycles. The van der Waals surface area contributed by atoms with Gasteiger partial charge in [0.25, 0.3) is 11.8 Å². The Morgan fingerprint density at radius 1 is 0.833 bits per heavy atom. The van der Waals surface area contributed by atoms with E-state index in [-0.39, 0.29) is 11.8 Å². The lowest BCUT2D eigenvalue weighted by Crippen LogP contribution is -2.29. The van der Waals surface area contributed by atoms with Gasteiger partial charge in [0, 0.05) is 24.6 Å². The molecule has 0 aromatic heterocycles. The molecule has 0 radical (unpaired) electrons. The fourth-order valence-electron chi connectivity index (χ4n) is 4.55. The third kappa shape index (κ3) is 5.47. The number of hydrogen-bond donors (Lipinski definition) is 1. The molecule has 36 heavy (non-hydrogen) atoms. The third-order valence-electron chi connectivity index (χ3n) is 6.50. The second kappa shape index (κ2) is 10.9. The van der Waals surface area contributed by atoms with Crippen LogP contribution in [0.2, 0.25) is 0 Å². The predicted molar refractivity (Wildman–Crippen MR) is 141 cm³/mol. The molecule has 5 rings (SSSR count). The van der Waals surface area contributed by atoms with Crippen LogP contribution in [0.3, 0.4) is 0 Å². The first-order valence-corrected chi connectivity index (χ1v) is 12.2. The Hall–Kier alpha value is -4.38. The summed E-state index contributed by atoms with van der Waals surface area (Å²) in [5.74, 6) is 0.587. The van der Waals surface area contributed by atoms with E-state index in [1.165, 1.54) is 5.56 Å². The first-order chi connectivity index (χ1) is 17.7. The summed E-state index contributed by atoms with van der Waals surface area (Å²) < 4.78 is 5.87.